The van der Waals surface area contributed by atoms with Crippen LogP contribution in [0, 0.1) is 17.8 Å². The van der Waals surface area contributed by atoms with Crippen molar-refractivity contribution in [2.24, 2.45) is 17.8 Å². The van der Waals surface area contributed by atoms with Crippen LogP contribution >= 0.6 is 11.8 Å². The monoisotopic (exact) mass is 401 g/mol. The highest BCUT2D eigenvalue weighted by Gasteiger charge is 2.40. The summed E-state index contributed by atoms with van der Waals surface area (Å²) in [7, 11) is 0. The first-order chi connectivity index (χ1) is 13.7. The number of nitrogens with zero attached hydrogens (tertiary/aromatic N) is 1. The van der Waals surface area contributed by atoms with Gasteiger partial charge in [-0.3, -0.25) is 0 Å². The molecular formula is C22H27NO4S. The average molecular weight is 402 g/mol. The normalized spacial score (nSPS) is 26.0. The number of hydrogen-bond donors (Lipinski definition) is 1. The summed E-state index contributed by atoms with van der Waals surface area (Å²) in [6, 6.07) is 9.74. The Bertz CT molecular complexity index is 748. The van der Waals surface area contributed by atoms with Crippen molar-refractivity contribution in [3.8, 4) is 5.75 Å². The van der Waals surface area contributed by atoms with Gasteiger partial charge in [-0.15, -0.1) is 11.8 Å². The summed E-state index contributed by atoms with van der Waals surface area (Å²) in [6.45, 7) is 2.35. The summed E-state index contributed by atoms with van der Waals surface area (Å²) in [4.78, 5) is 13.4. The Hall–Kier alpha value is -2.08. The molecule has 4 rings (SSSR count). The van der Waals surface area contributed by atoms with Gasteiger partial charge in [0, 0.05) is 18.8 Å². The second-order valence-corrected chi connectivity index (χ2v) is 8.87. The lowest BCUT2D eigenvalue weighted by molar-refractivity contribution is 0.118. The molecule has 2 aliphatic carbocycles. The van der Waals surface area contributed by atoms with Crippen LogP contribution < -0.4 is 4.74 Å². The molecule has 6 heteroatoms. The van der Waals surface area contributed by atoms with E-state index < -0.39 is 6.16 Å². The molecule has 0 saturated heterocycles. The molecule has 1 heterocycles. The summed E-state index contributed by atoms with van der Waals surface area (Å²) in [5, 5.41) is 10.0. The quantitative estimate of drug-likeness (QED) is 0.490. The molecule has 0 radical (unpaired) electrons. The third-order valence-electron chi connectivity index (χ3n) is 5.96. The van der Waals surface area contributed by atoms with Gasteiger partial charge in [-0.2, -0.15) is 0 Å². The van der Waals surface area contributed by atoms with Crippen molar-refractivity contribution < 1.29 is 19.4 Å². The molecule has 3 unspecified atom stereocenters. The van der Waals surface area contributed by atoms with Crippen molar-refractivity contribution in [3.63, 3.8) is 0 Å². The van der Waals surface area contributed by atoms with Crippen LogP contribution in [-0.4, -0.2) is 41.6 Å². The van der Waals surface area contributed by atoms with Gasteiger partial charge in [0.2, 0.25) is 0 Å². The maximum Gasteiger partial charge on any atom is 0.511 e. The summed E-state index contributed by atoms with van der Waals surface area (Å²) in [5.41, 5.74) is 0. The molecule has 2 fully saturated rings. The number of ether oxygens (including phenoxy) is 2. The zero-order chi connectivity index (χ0) is 19.3. The van der Waals surface area contributed by atoms with Crippen molar-refractivity contribution in [3.05, 3.63) is 53.3 Å². The van der Waals surface area contributed by atoms with E-state index in [9.17, 15) is 4.79 Å². The first kappa shape index (κ1) is 19.2. The number of carboxylic acid groups (broad SMARTS) is 1. The Kier molecular flexibility index (Phi) is 6.15. The first-order valence-electron chi connectivity index (χ1n) is 10.1. The Balaban J connectivity index is 1.39. The van der Waals surface area contributed by atoms with Gasteiger partial charge in [-0.25, -0.2) is 4.79 Å². The van der Waals surface area contributed by atoms with Crippen LogP contribution in [0.15, 0.2) is 53.3 Å². The molecular weight excluding hydrogens is 374 g/mol. The Morgan fingerprint density at radius 3 is 2.79 bits per heavy atom. The van der Waals surface area contributed by atoms with Crippen LogP contribution in [0.1, 0.15) is 25.7 Å². The molecule has 1 aromatic carbocycles. The van der Waals surface area contributed by atoms with Crippen molar-refractivity contribution >= 4 is 17.9 Å². The summed E-state index contributed by atoms with van der Waals surface area (Å²) < 4.78 is 10.9. The van der Waals surface area contributed by atoms with Crippen LogP contribution in [0.3, 0.4) is 0 Å². The summed E-state index contributed by atoms with van der Waals surface area (Å²) in [5.74, 6) is 4.48. The molecule has 1 aromatic rings. The fourth-order valence-electron chi connectivity index (χ4n) is 4.79. The Labute approximate surface area is 170 Å². The van der Waals surface area contributed by atoms with Gasteiger partial charge in [-0.1, -0.05) is 30.7 Å². The molecule has 1 aliphatic heterocycles. The second kappa shape index (κ2) is 8.95. The van der Waals surface area contributed by atoms with Gasteiger partial charge < -0.3 is 19.5 Å². The molecule has 3 aliphatic rings. The van der Waals surface area contributed by atoms with Crippen LogP contribution in [0.5, 0.6) is 5.75 Å². The van der Waals surface area contributed by atoms with Crippen molar-refractivity contribution in [1.29, 1.82) is 0 Å². The summed E-state index contributed by atoms with van der Waals surface area (Å²) in [6.07, 6.45) is 7.96. The standard InChI is InChI=1S/C22H27NO4S/c24-22(25)27-20-7-4-10-23(15-18-14-16-8-9-17(18)13-16)21(20)28-12-11-26-19-5-2-1-3-6-19/h1-7,16-18H,8-15H2,(H,24,25). The minimum Gasteiger partial charge on any atom is -0.493 e. The number of hydrogen-bond acceptors (Lipinski definition) is 5. The van der Waals surface area contributed by atoms with E-state index in [1.54, 1.807) is 17.8 Å². The fraction of sp³-hybridized carbons (Fsp3) is 0.500. The van der Waals surface area contributed by atoms with E-state index >= 15 is 0 Å². The van der Waals surface area contributed by atoms with E-state index in [1.807, 2.05) is 36.4 Å². The SMILES string of the molecule is O=C(O)OC1=C(SCCOc2ccccc2)N(CC2CC3CCC2C3)CC=C1. The highest BCUT2D eigenvalue weighted by Crippen LogP contribution is 2.49. The Morgan fingerprint density at radius 1 is 1.21 bits per heavy atom. The molecule has 5 nitrogen and oxygen atoms in total. The average Bonchev–Trinajstić information content (AvgIpc) is 3.30. The largest absolute Gasteiger partial charge is 0.511 e. The molecule has 0 amide bonds. The third-order valence-corrected chi connectivity index (χ3v) is 7.07. The van der Waals surface area contributed by atoms with Gasteiger partial charge in [0.25, 0.3) is 0 Å². The van der Waals surface area contributed by atoms with Gasteiger partial charge in [0.15, 0.2) is 5.76 Å². The van der Waals surface area contributed by atoms with Gasteiger partial charge in [0.05, 0.1) is 6.61 Å². The number of carbonyl (C=O) groups is 1. The highest BCUT2D eigenvalue weighted by molar-refractivity contribution is 8.03. The lowest BCUT2D eigenvalue weighted by Crippen LogP contribution is -2.33. The number of allylic oxidation sites excluding steroid dienone is 1. The number of thioether (sulfide) groups is 1. The Morgan fingerprint density at radius 2 is 2.07 bits per heavy atom. The summed E-state index contributed by atoms with van der Waals surface area (Å²) >= 11 is 1.62. The van der Waals surface area contributed by atoms with E-state index in [-0.39, 0.29) is 0 Å². The number of para-hydroxylation sites is 1. The zero-order valence-corrected chi connectivity index (χ0v) is 16.8. The van der Waals surface area contributed by atoms with Crippen LogP contribution in [-0.2, 0) is 4.74 Å². The molecule has 150 valence electrons. The third kappa shape index (κ3) is 4.66. The number of rotatable bonds is 8. The lowest BCUT2D eigenvalue weighted by Gasteiger charge is -2.34. The molecule has 2 saturated carbocycles. The zero-order valence-electron chi connectivity index (χ0n) is 16.0. The van der Waals surface area contributed by atoms with Gasteiger partial charge >= 0.3 is 6.16 Å². The van der Waals surface area contributed by atoms with Gasteiger partial charge in [0.1, 0.15) is 10.8 Å². The molecule has 3 atom stereocenters. The van der Waals surface area contributed by atoms with E-state index in [2.05, 4.69) is 4.90 Å². The van der Waals surface area contributed by atoms with E-state index in [1.165, 1.54) is 25.7 Å². The second-order valence-electron chi connectivity index (χ2n) is 7.79. The predicted octanol–water partition coefficient (Wildman–Crippen LogP) is 4.97. The maximum absolute atomic E-state index is 11.1. The molecule has 0 spiro atoms. The molecule has 2 bridgehead atoms. The van der Waals surface area contributed by atoms with Crippen LogP contribution in [0.25, 0.3) is 0 Å². The first-order valence-corrected chi connectivity index (χ1v) is 11.0. The van der Waals surface area contributed by atoms with Crippen molar-refractivity contribution in [2.75, 3.05) is 25.4 Å². The van der Waals surface area contributed by atoms with Crippen LogP contribution in [0.4, 0.5) is 4.79 Å². The van der Waals surface area contributed by atoms with Crippen molar-refractivity contribution in [2.45, 2.75) is 25.7 Å². The number of benzene rings is 1. The topological polar surface area (TPSA) is 59.0 Å². The predicted molar refractivity (Wildman–Crippen MR) is 110 cm³/mol. The van der Waals surface area contributed by atoms with Gasteiger partial charge in [-0.05, 0) is 55.2 Å². The van der Waals surface area contributed by atoms with Crippen LogP contribution in [0.2, 0.25) is 0 Å². The highest BCUT2D eigenvalue weighted by atomic mass is 32.2. The van der Waals surface area contributed by atoms with Crippen molar-refractivity contribution in [1.82, 2.24) is 4.90 Å². The molecule has 1 N–H and O–H groups in total. The van der Waals surface area contributed by atoms with E-state index in [0.29, 0.717) is 18.3 Å². The molecule has 0 aromatic heterocycles. The van der Waals surface area contributed by atoms with E-state index in [0.717, 1.165) is 41.5 Å². The fourth-order valence-corrected chi connectivity index (χ4v) is 5.73. The smallest absolute Gasteiger partial charge is 0.493 e. The minimum atomic E-state index is -1.26. The maximum atomic E-state index is 11.1. The van der Waals surface area contributed by atoms with E-state index in [4.69, 9.17) is 14.6 Å². The lowest BCUT2D eigenvalue weighted by atomic mass is 9.88. The molecule has 28 heavy (non-hydrogen) atoms. The minimum absolute atomic E-state index is 0.437. The number of fused-ring (bicyclic) bond motifs is 2.